The molecule has 1 aliphatic rings. The molecule has 3 nitrogen and oxygen atoms in total. The van der Waals surface area contributed by atoms with E-state index in [0.29, 0.717) is 4.99 Å². The Hall–Kier alpha value is -1.49. The fraction of sp³-hybridized carbons (Fsp3) is 0.467. The summed E-state index contributed by atoms with van der Waals surface area (Å²) in [6.45, 7) is 0. The SMILES string of the molecule is NC(=S)C1(NC(=O)Cc2ccc(F)cc2)CCCCC1. The molecule has 0 unspecified atom stereocenters. The minimum Gasteiger partial charge on any atom is -0.391 e. The van der Waals surface area contributed by atoms with Gasteiger partial charge in [-0.1, -0.05) is 43.6 Å². The fourth-order valence-corrected chi connectivity index (χ4v) is 2.94. The highest BCUT2D eigenvalue weighted by Crippen LogP contribution is 2.28. The van der Waals surface area contributed by atoms with Gasteiger partial charge in [-0.25, -0.2) is 4.39 Å². The Kier molecular flexibility index (Phi) is 4.70. The van der Waals surface area contributed by atoms with E-state index in [4.69, 9.17) is 18.0 Å². The summed E-state index contributed by atoms with van der Waals surface area (Å²) in [5.74, 6) is -0.424. The summed E-state index contributed by atoms with van der Waals surface area (Å²) in [5.41, 5.74) is 6.07. The molecule has 0 spiro atoms. The first-order valence-corrected chi connectivity index (χ1v) is 7.28. The third-order valence-electron chi connectivity index (χ3n) is 3.84. The first-order valence-electron chi connectivity index (χ1n) is 6.87. The van der Waals surface area contributed by atoms with E-state index >= 15 is 0 Å². The Morgan fingerprint density at radius 2 is 1.85 bits per heavy atom. The second kappa shape index (κ2) is 6.31. The number of rotatable bonds is 4. The number of benzene rings is 1. The van der Waals surface area contributed by atoms with Crippen molar-refractivity contribution < 1.29 is 9.18 Å². The van der Waals surface area contributed by atoms with E-state index in [-0.39, 0.29) is 18.1 Å². The van der Waals surface area contributed by atoms with Gasteiger partial charge in [0.25, 0.3) is 0 Å². The smallest absolute Gasteiger partial charge is 0.225 e. The minimum absolute atomic E-state index is 0.119. The minimum atomic E-state index is -0.537. The van der Waals surface area contributed by atoms with E-state index in [0.717, 1.165) is 37.7 Å². The molecule has 0 bridgehead atoms. The number of carbonyl (C=O) groups is 1. The maximum Gasteiger partial charge on any atom is 0.225 e. The highest BCUT2D eigenvalue weighted by Gasteiger charge is 2.36. The van der Waals surface area contributed by atoms with Crippen molar-refractivity contribution in [2.24, 2.45) is 5.73 Å². The predicted molar refractivity (Wildman–Crippen MR) is 80.8 cm³/mol. The van der Waals surface area contributed by atoms with Crippen LogP contribution in [0, 0.1) is 5.82 Å². The third-order valence-corrected chi connectivity index (χ3v) is 4.23. The van der Waals surface area contributed by atoms with Crippen molar-refractivity contribution >= 4 is 23.1 Å². The van der Waals surface area contributed by atoms with Gasteiger partial charge in [-0.15, -0.1) is 0 Å². The van der Waals surface area contributed by atoms with Crippen LogP contribution < -0.4 is 11.1 Å². The average Bonchev–Trinajstić information content (AvgIpc) is 2.42. The van der Waals surface area contributed by atoms with Crippen LogP contribution in [0.3, 0.4) is 0 Å². The van der Waals surface area contributed by atoms with Crippen molar-refractivity contribution in [2.75, 3.05) is 0 Å². The molecule has 0 saturated heterocycles. The van der Waals surface area contributed by atoms with Gasteiger partial charge in [-0.3, -0.25) is 4.79 Å². The molecule has 1 saturated carbocycles. The van der Waals surface area contributed by atoms with Crippen LogP contribution in [0.5, 0.6) is 0 Å². The zero-order valence-corrected chi connectivity index (χ0v) is 12.1. The van der Waals surface area contributed by atoms with E-state index < -0.39 is 5.54 Å². The number of nitrogens with two attached hydrogens (primary N) is 1. The van der Waals surface area contributed by atoms with Gasteiger partial charge in [0.05, 0.1) is 16.9 Å². The van der Waals surface area contributed by atoms with E-state index in [9.17, 15) is 9.18 Å². The van der Waals surface area contributed by atoms with Gasteiger partial charge >= 0.3 is 0 Å². The lowest BCUT2D eigenvalue weighted by Crippen LogP contribution is -2.58. The molecule has 1 amide bonds. The number of carbonyl (C=O) groups excluding carboxylic acids is 1. The molecular weight excluding hydrogens is 275 g/mol. The van der Waals surface area contributed by atoms with Gasteiger partial charge < -0.3 is 11.1 Å². The largest absolute Gasteiger partial charge is 0.391 e. The van der Waals surface area contributed by atoms with Crippen LogP contribution in [0.2, 0.25) is 0 Å². The summed E-state index contributed by atoms with van der Waals surface area (Å²) in [6.07, 6.45) is 5.01. The van der Waals surface area contributed by atoms with E-state index in [1.165, 1.54) is 12.1 Å². The second-order valence-corrected chi connectivity index (χ2v) is 5.80. The Morgan fingerprint density at radius 1 is 1.25 bits per heavy atom. The maximum absolute atomic E-state index is 12.8. The van der Waals surface area contributed by atoms with Crippen molar-refractivity contribution in [3.8, 4) is 0 Å². The zero-order valence-electron chi connectivity index (χ0n) is 11.3. The summed E-state index contributed by atoms with van der Waals surface area (Å²) < 4.78 is 12.8. The van der Waals surface area contributed by atoms with Crippen molar-refractivity contribution in [2.45, 2.75) is 44.1 Å². The number of hydrogen-bond donors (Lipinski definition) is 2. The van der Waals surface area contributed by atoms with Crippen molar-refractivity contribution in [1.29, 1.82) is 0 Å². The van der Waals surface area contributed by atoms with Crippen LogP contribution in [0.15, 0.2) is 24.3 Å². The monoisotopic (exact) mass is 294 g/mol. The molecule has 0 radical (unpaired) electrons. The summed E-state index contributed by atoms with van der Waals surface area (Å²) >= 11 is 5.14. The molecule has 0 aliphatic heterocycles. The van der Waals surface area contributed by atoms with Gasteiger partial charge in [0.15, 0.2) is 0 Å². The molecule has 108 valence electrons. The molecule has 1 fully saturated rings. The van der Waals surface area contributed by atoms with Crippen LogP contribution in [-0.4, -0.2) is 16.4 Å². The van der Waals surface area contributed by atoms with Gasteiger partial charge in [-0.05, 0) is 30.5 Å². The quantitative estimate of drug-likeness (QED) is 0.839. The van der Waals surface area contributed by atoms with Gasteiger partial charge in [0.2, 0.25) is 5.91 Å². The lowest BCUT2D eigenvalue weighted by atomic mass is 9.81. The van der Waals surface area contributed by atoms with Crippen LogP contribution in [0.25, 0.3) is 0 Å². The van der Waals surface area contributed by atoms with E-state index in [1.54, 1.807) is 12.1 Å². The van der Waals surface area contributed by atoms with Crippen LogP contribution in [0.4, 0.5) is 4.39 Å². The Bertz CT molecular complexity index is 495. The zero-order chi connectivity index (χ0) is 14.6. The van der Waals surface area contributed by atoms with Gasteiger partial charge in [0.1, 0.15) is 5.82 Å². The standard InChI is InChI=1S/C15H19FN2OS/c16-12-6-4-11(5-7-12)10-13(19)18-15(14(17)20)8-2-1-3-9-15/h4-7H,1-3,8-10H2,(H2,17,20)(H,18,19). The second-order valence-electron chi connectivity index (χ2n) is 5.36. The molecule has 2 rings (SSSR count). The highest BCUT2D eigenvalue weighted by molar-refractivity contribution is 7.80. The summed E-state index contributed by atoms with van der Waals surface area (Å²) in [6, 6.07) is 5.94. The molecule has 3 N–H and O–H groups in total. The Labute approximate surface area is 123 Å². The summed E-state index contributed by atoms with van der Waals surface area (Å²) in [7, 11) is 0. The molecule has 0 aromatic heterocycles. The number of nitrogens with one attached hydrogen (secondary N) is 1. The lowest BCUT2D eigenvalue weighted by molar-refractivity contribution is -0.121. The molecule has 0 atom stereocenters. The number of thiocarbonyl (C=S) groups is 1. The number of hydrogen-bond acceptors (Lipinski definition) is 2. The molecule has 1 aromatic rings. The first kappa shape index (κ1) is 14.9. The summed E-state index contributed by atoms with van der Waals surface area (Å²) in [4.78, 5) is 12.5. The normalized spacial score (nSPS) is 17.4. The summed E-state index contributed by atoms with van der Waals surface area (Å²) in [5, 5.41) is 3.00. The highest BCUT2D eigenvalue weighted by atomic mass is 32.1. The van der Waals surface area contributed by atoms with E-state index in [1.807, 2.05) is 0 Å². The van der Waals surface area contributed by atoms with Crippen molar-refractivity contribution in [3.05, 3.63) is 35.6 Å². The molecule has 1 aliphatic carbocycles. The van der Waals surface area contributed by atoms with Gasteiger partial charge in [0, 0.05) is 0 Å². The maximum atomic E-state index is 12.8. The van der Waals surface area contributed by atoms with Crippen LogP contribution in [-0.2, 0) is 11.2 Å². The number of amides is 1. The molecule has 0 heterocycles. The molecule has 1 aromatic carbocycles. The average molecular weight is 294 g/mol. The number of halogens is 1. The lowest BCUT2D eigenvalue weighted by Gasteiger charge is -2.37. The Morgan fingerprint density at radius 3 is 2.40 bits per heavy atom. The molecule has 20 heavy (non-hydrogen) atoms. The van der Waals surface area contributed by atoms with Gasteiger partial charge in [-0.2, -0.15) is 0 Å². The van der Waals surface area contributed by atoms with Crippen LogP contribution in [0.1, 0.15) is 37.7 Å². The van der Waals surface area contributed by atoms with Crippen molar-refractivity contribution in [1.82, 2.24) is 5.32 Å². The molecular formula is C15H19FN2OS. The first-order chi connectivity index (χ1) is 9.52. The molecule has 5 heteroatoms. The van der Waals surface area contributed by atoms with Crippen LogP contribution >= 0.6 is 12.2 Å². The predicted octanol–water partition coefficient (Wildman–Crippen LogP) is 2.47. The fourth-order valence-electron chi connectivity index (χ4n) is 2.69. The topological polar surface area (TPSA) is 55.1 Å². The Balaban J connectivity index is 2.01. The third kappa shape index (κ3) is 3.54. The van der Waals surface area contributed by atoms with E-state index in [2.05, 4.69) is 5.32 Å². The van der Waals surface area contributed by atoms with Crippen molar-refractivity contribution in [3.63, 3.8) is 0 Å².